The highest BCUT2D eigenvalue weighted by molar-refractivity contribution is 5.93. The van der Waals surface area contributed by atoms with Gasteiger partial charge in [-0.2, -0.15) is 5.10 Å². The van der Waals surface area contributed by atoms with Gasteiger partial charge in [-0.3, -0.25) is 9.89 Å². The molecule has 128 valence electrons. The molecule has 0 atom stereocenters. The van der Waals surface area contributed by atoms with Crippen LogP contribution in [0, 0.1) is 13.8 Å². The van der Waals surface area contributed by atoms with E-state index in [9.17, 15) is 4.79 Å². The Bertz CT molecular complexity index is 882. The van der Waals surface area contributed by atoms with E-state index >= 15 is 0 Å². The van der Waals surface area contributed by atoms with Crippen molar-refractivity contribution in [2.24, 2.45) is 0 Å². The number of rotatable bonds is 5. The van der Waals surface area contributed by atoms with Gasteiger partial charge < -0.3 is 10.1 Å². The number of aromatic amines is 1. The average Bonchev–Trinajstić information content (AvgIpc) is 3.12. The summed E-state index contributed by atoms with van der Waals surface area (Å²) < 4.78 is 5.12. The lowest BCUT2D eigenvalue weighted by Crippen LogP contribution is -2.23. The minimum absolute atomic E-state index is 0.182. The SMILES string of the molecule is COc1ccc(CNC(=O)c2cc(-c3ccc(C)c(C)c3)n[nH]2)cc1. The third kappa shape index (κ3) is 3.88. The molecule has 0 aliphatic heterocycles. The monoisotopic (exact) mass is 335 g/mol. The number of aromatic nitrogens is 2. The number of aryl methyl sites for hydroxylation is 2. The van der Waals surface area contributed by atoms with Gasteiger partial charge in [-0.05, 0) is 54.8 Å². The van der Waals surface area contributed by atoms with E-state index in [1.54, 1.807) is 13.2 Å². The van der Waals surface area contributed by atoms with Gasteiger partial charge in [0.25, 0.3) is 5.91 Å². The number of H-pyrrole nitrogens is 1. The second kappa shape index (κ2) is 7.21. The van der Waals surface area contributed by atoms with Crippen LogP contribution in [0.4, 0.5) is 0 Å². The van der Waals surface area contributed by atoms with Gasteiger partial charge in [0.15, 0.2) is 0 Å². The molecule has 3 rings (SSSR count). The number of carbonyl (C=O) groups excluding carboxylic acids is 1. The zero-order valence-electron chi connectivity index (χ0n) is 14.6. The maximum atomic E-state index is 12.3. The van der Waals surface area contributed by atoms with Crippen LogP contribution in [0.15, 0.2) is 48.5 Å². The molecular formula is C20H21N3O2. The van der Waals surface area contributed by atoms with Gasteiger partial charge in [-0.15, -0.1) is 0 Å². The first-order chi connectivity index (χ1) is 12.1. The normalized spacial score (nSPS) is 10.5. The smallest absolute Gasteiger partial charge is 0.269 e. The number of benzene rings is 2. The minimum Gasteiger partial charge on any atom is -0.497 e. The van der Waals surface area contributed by atoms with Gasteiger partial charge in [0.2, 0.25) is 0 Å². The second-order valence-corrected chi connectivity index (χ2v) is 6.00. The number of amides is 1. The van der Waals surface area contributed by atoms with E-state index in [0.29, 0.717) is 12.2 Å². The van der Waals surface area contributed by atoms with Gasteiger partial charge in [0.05, 0.1) is 12.8 Å². The molecule has 0 fully saturated rings. The predicted octanol–water partition coefficient (Wildman–Crippen LogP) is 3.63. The number of methoxy groups -OCH3 is 1. The van der Waals surface area contributed by atoms with E-state index in [1.807, 2.05) is 30.3 Å². The number of hydrogen-bond acceptors (Lipinski definition) is 3. The molecule has 0 saturated carbocycles. The molecule has 1 heterocycles. The van der Waals surface area contributed by atoms with Crippen molar-refractivity contribution in [3.8, 4) is 17.0 Å². The first kappa shape index (κ1) is 16.8. The van der Waals surface area contributed by atoms with E-state index in [0.717, 1.165) is 22.6 Å². The zero-order valence-corrected chi connectivity index (χ0v) is 14.6. The molecular weight excluding hydrogens is 314 g/mol. The molecule has 2 aromatic carbocycles. The van der Waals surface area contributed by atoms with Gasteiger partial charge in [-0.25, -0.2) is 0 Å². The van der Waals surface area contributed by atoms with E-state index in [2.05, 4.69) is 41.5 Å². The van der Waals surface area contributed by atoms with Crippen LogP contribution in [0.25, 0.3) is 11.3 Å². The number of carbonyl (C=O) groups is 1. The van der Waals surface area contributed by atoms with Crippen molar-refractivity contribution < 1.29 is 9.53 Å². The van der Waals surface area contributed by atoms with Crippen LogP contribution in [0.2, 0.25) is 0 Å². The lowest BCUT2D eigenvalue weighted by Gasteiger charge is -2.05. The number of nitrogens with zero attached hydrogens (tertiary/aromatic N) is 1. The largest absolute Gasteiger partial charge is 0.497 e. The van der Waals surface area contributed by atoms with Crippen molar-refractivity contribution in [3.63, 3.8) is 0 Å². The van der Waals surface area contributed by atoms with Gasteiger partial charge >= 0.3 is 0 Å². The van der Waals surface area contributed by atoms with Crippen molar-refractivity contribution in [1.82, 2.24) is 15.5 Å². The molecule has 1 amide bonds. The Balaban J connectivity index is 1.66. The third-order valence-electron chi connectivity index (χ3n) is 4.24. The maximum Gasteiger partial charge on any atom is 0.269 e. The topological polar surface area (TPSA) is 67.0 Å². The summed E-state index contributed by atoms with van der Waals surface area (Å²) in [4.78, 5) is 12.3. The molecule has 0 unspecified atom stereocenters. The molecule has 0 aliphatic rings. The molecule has 0 radical (unpaired) electrons. The van der Waals surface area contributed by atoms with Gasteiger partial charge in [0.1, 0.15) is 11.4 Å². The summed E-state index contributed by atoms with van der Waals surface area (Å²) in [6.45, 7) is 4.58. The van der Waals surface area contributed by atoms with Crippen molar-refractivity contribution >= 4 is 5.91 Å². The van der Waals surface area contributed by atoms with E-state index < -0.39 is 0 Å². The third-order valence-corrected chi connectivity index (χ3v) is 4.24. The molecule has 3 aromatic rings. The maximum absolute atomic E-state index is 12.3. The van der Waals surface area contributed by atoms with Crippen LogP contribution in [-0.2, 0) is 6.54 Å². The lowest BCUT2D eigenvalue weighted by atomic mass is 10.0. The van der Waals surface area contributed by atoms with Crippen LogP contribution >= 0.6 is 0 Å². The first-order valence-corrected chi connectivity index (χ1v) is 8.11. The van der Waals surface area contributed by atoms with Crippen LogP contribution in [0.5, 0.6) is 5.75 Å². The molecule has 25 heavy (non-hydrogen) atoms. The summed E-state index contributed by atoms with van der Waals surface area (Å²) in [6.07, 6.45) is 0. The highest BCUT2D eigenvalue weighted by Crippen LogP contribution is 2.21. The molecule has 1 aromatic heterocycles. The standard InChI is InChI=1S/C20H21N3O2/c1-13-4-7-16(10-14(13)2)18-11-19(23-22-18)20(24)21-12-15-5-8-17(25-3)9-6-15/h4-11H,12H2,1-3H3,(H,21,24)(H,22,23). The minimum atomic E-state index is -0.182. The quantitative estimate of drug-likeness (QED) is 0.748. The Morgan fingerprint density at radius 1 is 1.08 bits per heavy atom. The van der Waals surface area contributed by atoms with E-state index in [1.165, 1.54) is 11.1 Å². The molecule has 0 saturated heterocycles. The highest BCUT2D eigenvalue weighted by atomic mass is 16.5. The Morgan fingerprint density at radius 2 is 1.84 bits per heavy atom. The fourth-order valence-corrected chi connectivity index (χ4v) is 2.51. The first-order valence-electron chi connectivity index (χ1n) is 8.11. The van der Waals surface area contributed by atoms with Crippen molar-refractivity contribution in [2.75, 3.05) is 7.11 Å². The Hall–Kier alpha value is -3.08. The van der Waals surface area contributed by atoms with Crippen molar-refractivity contribution in [2.45, 2.75) is 20.4 Å². The summed E-state index contributed by atoms with van der Waals surface area (Å²) >= 11 is 0. The lowest BCUT2D eigenvalue weighted by molar-refractivity contribution is 0.0946. The molecule has 0 aliphatic carbocycles. The summed E-state index contributed by atoms with van der Waals surface area (Å²) in [7, 11) is 1.63. The second-order valence-electron chi connectivity index (χ2n) is 6.00. The zero-order chi connectivity index (χ0) is 17.8. The molecule has 5 heteroatoms. The molecule has 5 nitrogen and oxygen atoms in total. The fraction of sp³-hybridized carbons (Fsp3) is 0.200. The van der Waals surface area contributed by atoms with Crippen LogP contribution < -0.4 is 10.1 Å². The summed E-state index contributed by atoms with van der Waals surface area (Å²) in [5, 5.41) is 9.95. The Kier molecular flexibility index (Phi) is 4.84. The predicted molar refractivity (Wildman–Crippen MR) is 97.7 cm³/mol. The highest BCUT2D eigenvalue weighted by Gasteiger charge is 2.11. The van der Waals surface area contributed by atoms with Crippen LogP contribution in [0.3, 0.4) is 0 Å². The molecule has 0 spiro atoms. The number of nitrogens with one attached hydrogen (secondary N) is 2. The van der Waals surface area contributed by atoms with Crippen LogP contribution in [-0.4, -0.2) is 23.2 Å². The number of ether oxygens (including phenoxy) is 1. The Labute approximate surface area is 147 Å². The van der Waals surface area contributed by atoms with Gasteiger partial charge in [0, 0.05) is 12.1 Å². The average molecular weight is 335 g/mol. The summed E-state index contributed by atoms with van der Waals surface area (Å²) in [5.74, 6) is 0.611. The Morgan fingerprint density at radius 3 is 2.52 bits per heavy atom. The van der Waals surface area contributed by atoms with Crippen molar-refractivity contribution in [1.29, 1.82) is 0 Å². The number of hydrogen-bond donors (Lipinski definition) is 2. The summed E-state index contributed by atoms with van der Waals surface area (Å²) in [5.41, 5.74) is 5.64. The molecule has 2 N–H and O–H groups in total. The van der Waals surface area contributed by atoms with Crippen molar-refractivity contribution in [3.05, 3.63) is 70.9 Å². The summed E-state index contributed by atoms with van der Waals surface area (Å²) in [6, 6.07) is 15.5. The van der Waals surface area contributed by atoms with E-state index in [4.69, 9.17) is 4.74 Å². The van der Waals surface area contributed by atoms with E-state index in [-0.39, 0.29) is 5.91 Å². The van der Waals surface area contributed by atoms with Gasteiger partial charge in [-0.1, -0.05) is 24.3 Å². The fourth-order valence-electron chi connectivity index (χ4n) is 2.51. The van der Waals surface area contributed by atoms with Crippen LogP contribution in [0.1, 0.15) is 27.2 Å². The molecule has 0 bridgehead atoms.